The van der Waals surface area contributed by atoms with Gasteiger partial charge in [-0.25, -0.2) is 0 Å². The van der Waals surface area contributed by atoms with Gasteiger partial charge in [0.1, 0.15) is 5.69 Å². The average molecular weight is 336 g/mol. The third-order valence-electron chi connectivity index (χ3n) is 2.48. The highest BCUT2D eigenvalue weighted by molar-refractivity contribution is 6.38. The Balaban J connectivity index is 2.20. The number of benzene rings is 2. The molecule has 0 aliphatic heterocycles. The average Bonchev–Trinajstić information content (AvgIpc) is 2.50. The van der Waals surface area contributed by atoms with E-state index in [1.54, 1.807) is 48.5 Å². The van der Waals surface area contributed by atoms with E-state index < -0.39 is 5.91 Å². The largest absolute Gasteiger partial charge is 0.363 e. The molecule has 0 aromatic heterocycles. The molecule has 0 atom stereocenters. The number of halogens is 2. The van der Waals surface area contributed by atoms with Crippen molar-refractivity contribution in [3.63, 3.8) is 0 Å². The second kappa shape index (κ2) is 7.53. The highest BCUT2D eigenvalue weighted by Crippen LogP contribution is 2.24. The standard InChI is InChI=1S/C14H11Cl2N5O/c15-9-5-1-3-7-11(9)18-20-14(13(17)22)21-19-12-8-4-2-6-10(12)16/h1-8,18H,(H2,17,22)/b20-14+,21-19?. The molecule has 0 aliphatic carbocycles. The van der Waals surface area contributed by atoms with Crippen LogP contribution in [0.5, 0.6) is 0 Å². The van der Waals surface area contributed by atoms with E-state index in [0.29, 0.717) is 21.4 Å². The van der Waals surface area contributed by atoms with Gasteiger partial charge in [0.15, 0.2) is 0 Å². The molecule has 2 rings (SSSR count). The molecule has 0 saturated carbocycles. The number of nitrogens with one attached hydrogen (secondary N) is 1. The van der Waals surface area contributed by atoms with E-state index >= 15 is 0 Å². The van der Waals surface area contributed by atoms with Crippen molar-refractivity contribution < 1.29 is 4.79 Å². The lowest BCUT2D eigenvalue weighted by molar-refractivity contribution is -0.112. The van der Waals surface area contributed by atoms with Gasteiger partial charge >= 0.3 is 0 Å². The lowest BCUT2D eigenvalue weighted by Gasteiger charge is -2.02. The maximum atomic E-state index is 11.3. The Morgan fingerprint density at radius 2 is 1.64 bits per heavy atom. The minimum Gasteiger partial charge on any atom is -0.363 e. The number of hydrogen-bond donors (Lipinski definition) is 2. The number of nitrogens with zero attached hydrogens (tertiary/aromatic N) is 3. The Morgan fingerprint density at radius 1 is 1.00 bits per heavy atom. The zero-order valence-corrected chi connectivity index (χ0v) is 12.7. The van der Waals surface area contributed by atoms with E-state index in [4.69, 9.17) is 28.9 Å². The Bertz CT molecular complexity index is 746. The van der Waals surface area contributed by atoms with Crippen LogP contribution in [0.25, 0.3) is 0 Å². The summed E-state index contributed by atoms with van der Waals surface area (Å²) in [5.41, 5.74) is 8.73. The van der Waals surface area contributed by atoms with Crippen molar-refractivity contribution in [3.05, 3.63) is 58.6 Å². The number of para-hydroxylation sites is 1. The number of anilines is 1. The number of azo groups is 1. The van der Waals surface area contributed by atoms with Crippen LogP contribution in [0.3, 0.4) is 0 Å². The topological polar surface area (TPSA) is 92.2 Å². The van der Waals surface area contributed by atoms with Crippen LogP contribution in [-0.4, -0.2) is 11.7 Å². The first-order chi connectivity index (χ1) is 10.6. The molecule has 8 heteroatoms. The number of amidine groups is 1. The molecule has 0 unspecified atom stereocenters. The SMILES string of the molecule is NC(=O)/C(N=Nc1ccccc1Cl)=N\Nc1ccccc1Cl. The Hall–Kier alpha value is -2.44. The molecule has 22 heavy (non-hydrogen) atoms. The molecule has 0 heterocycles. The molecule has 0 saturated heterocycles. The van der Waals surface area contributed by atoms with Crippen molar-refractivity contribution >= 4 is 46.3 Å². The zero-order chi connectivity index (χ0) is 15.9. The maximum Gasteiger partial charge on any atom is 0.290 e. The maximum absolute atomic E-state index is 11.3. The lowest BCUT2D eigenvalue weighted by atomic mass is 10.3. The van der Waals surface area contributed by atoms with E-state index in [9.17, 15) is 4.79 Å². The fourth-order valence-corrected chi connectivity index (χ4v) is 1.78. The summed E-state index contributed by atoms with van der Waals surface area (Å²) < 4.78 is 0. The lowest BCUT2D eigenvalue weighted by Crippen LogP contribution is -2.22. The number of rotatable bonds is 3. The molecular formula is C14H11Cl2N5O. The van der Waals surface area contributed by atoms with Gasteiger partial charge in [0.2, 0.25) is 0 Å². The van der Waals surface area contributed by atoms with Gasteiger partial charge in [-0.05, 0) is 24.3 Å². The van der Waals surface area contributed by atoms with Crippen molar-refractivity contribution in [2.75, 3.05) is 5.43 Å². The molecule has 0 fully saturated rings. The second-order valence-corrected chi connectivity index (χ2v) is 4.86. The van der Waals surface area contributed by atoms with Crippen LogP contribution in [0.4, 0.5) is 11.4 Å². The number of amides is 1. The molecule has 0 aliphatic rings. The summed E-state index contributed by atoms with van der Waals surface area (Å²) in [5, 5.41) is 12.2. The predicted molar refractivity (Wildman–Crippen MR) is 87.7 cm³/mol. The number of carbonyl (C=O) groups excluding carboxylic acids is 1. The Morgan fingerprint density at radius 3 is 2.27 bits per heavy atom. The summed E-state index contributed by atoms with van der Waals surface area (Å²) in [6.45, 7) is 0. The molecule has 6 nitrogen and oxygen atoms in total. The molecule has 112 valence electrons. The van der Waals surface area contributed by atoms with E-state index in [0.717, 1.165) is 0 Å². The van der Waals surface area contributed by atoms with Crippen LogP contribution < -0.4 is 11.2 Å². The summed E-state index contributed by atoms with van der Waals surface area (Å²) in [6.07, 6.45) is 0. The van der Waals surface area contributed by atoms with Crippen molar-refractivity contribution in [2.45, 2.75) is 0 Å². The first-order valence-corrected chi connectivity index (χ1v) is 6.88. The van der Waals surface area contributed by atoms with Crippen molar-refractivity contribution in [2.24, 2.45) is 21.1 Å². The van der Waals surface area contributed by atoms with Crippen LogP contribution in [0.15, 0.2) is 63.9 Å². The molecule has 0 spiro atoms. The molecule has 3 N–H and O–H groups in total. The van der Waals surface area contributed by atoms with Crippen molar-refractivity contribution in [3.8, 4) is 0 Å². The summed E-state index contributed by atoms with van der Waals surface area (Å²) in [7, 11) is 0. The predicted octanol–water partition coefficient (Wildman–Crippen LogP) is 3.99. The molecule has 0 radical (unpaired) electrons. The Labute approximate surface area is 136 Å². The normalized spacial score (nSPS) is 11.6. The van der Waals surface area contributed by atoms with Gasteiger partial charge in [-0.2, -0.15) is 0 Å². The number of primary amides is 1. The van der Waals surface area contributed by atoms with Crippen LogP contribution >= 0.6 is 23.2 Å². The smallest absolute Gasteiger partial charge is 0.290 e. The fourth-order valence-electron chi connectivity index (χ4n) is 1.43. The monoisotopic (exact) mass is 335 g/mol. The van der Waals surface area contributed by atoms with Crippen LogP contribution in [0.2, 0.25) is 10.0 Å². The highest BCUT2D eigenvalue weighted by atomic mass is 35.5. The summed E-state index contributed by atoms with van der Waals surface area (Å²) >= 11 is 11.9. The molecule has 2 aromatic carbocycles. The molecule has 0 bridgehead atoms. The van der Waals surface area contributed by atoms with Gasteiger partial charge in [0.25, 0.3) is 11.7 Å². The summed E-state index contributed by atoms with van der Waals surface area (Å²) in [6, 6.07) is 13.7. The van der Waals surface area contributed by atoms with Gasteiger partial charge < -0.3 is 5.73 Å². The second-order valence-electron chi connectivity index (χ2n) is 4.04. The number of carbonyl (C=O) groups is 1. The molecule has 1 amide bonds. The third-order valence-corrected chi connectivity index (χ3v) is 3.13. The highest BCUT2D eigenvalue weighted by Gasteiger charge is 2.07. The molecular weight excluding hydrogens is 325 g/mol. The van der Waals surface area contributed by atoms with Crippen molar-refractivity contribution in [1.29, 1.82) is 0 Å². The Kier molecular flexibility index (Phi) is 5.46. The third kappa shape index (κ3) is 4.28. The quantitative estimate of drug-likeness (QED) is 0.384. The van der Waals surface area contributed by atoms with E-state index in [1.807, 2.05) is 0 Å². The van der Waals surface area contributed by atoms with E-state index in [1.165, 1.54) is 0 Å². The number of nitrogens with two attached hydrogens (primary N) is 1. The van der Waals surface area contributed by atoms with Gasteiger partial charge in [0, 0.05) is 0 Å². The van der Waals surface area contributed by atoms with E-state index in [2.05, 4.69) is 20.8 Å². The van der Waals surface area contributed by atoms with Gasteiger partial charge in [0.05, 0.1) is 15.7 Å². The first-order valence-electron chi connectivity index (χ1n) is 6.12. The van der Waals surface area contributed by atoms with E-state index in [-0.39, 0.29) is 5.84 Å². The molecule has 2 aromatic rings. The minimum absolute atomic E-state index is 0.306. The summed E-state index contributed by atoms with van der Waals surface area (Å²) in [4.78, 5) is 11.3. The number of hydrogen-bond acceptors (Lipinski definition) is 4. The first kappa shape index (κ1) is 15.9. The fraction of sp³-hybridized carbons (Fsp3) is 0. The van der Waals surface area contributed by atoms with Crippen molar-refractivity contribution in [1.82, 2.24) is 0 Å². The zero-order valence-electron chi connectivity index (χ0n) is 11.2. The minimum atomic E-state index is -0.838. The summed E-state index contributed by atoms with van der Waals surface area (Å²) in [5.74, 6) is -1.14. The van der Waals surface area contributed by atoms with Gasteiger partial charge in [-0.3, -0.25) is 10.2 Å². The van der Waals surface area contributed by atoms with Crippen LogP contribution in [0, 0.1) is 0 Å². The van der Waals surface area contributed by atoms with Crippen LogP contribution in [0.1, 0.15) is 0 Å². The van der Waals surface area contributed by atoms with Gasteiger partial charge in [-0.1, -0.05) is 47.5 Å². The van der Waals surface area contributed by atoms with Gasteiger partial charge in [-0.15, -0.1) is 15.3 Å². The van der Waals surface area contributed by atoms with Crippen LogP contribution in [-0.2, 0) is 4.79 Å². The number of hydrazone groups is 1.